The molecule has 1 nitrogen and oxygen atoms in total. The lowest BCUT2D eigenvalue weighted by Crippen LogP contribution is -1.89. The summed E-state index contributed by atoms with van der Waals surface area (Å²) in [4.78, 5) is 0. The van der Waals surface area contributed by atoms with Crippen LogP contribution in [0.15, 0.2) is 48.5 Å². The van der Waals surface area contributed by atoms with Crippen molar-refractivity contribution in [2.45, 2.75) is 13.5 Å². The summed E-state index contributed by atoms with van der Waals surface area (Å²) in [5, 5.41) is 0. The number of rotatable bonds is 3. The van der Waals surface area contributed by atoms with Gasteiger partial charge in [0.05, 0.1) is 6.61 Å². The highest BCUT2D eigenvalue weighted by Crippen LogP contribution is 2.24. The van der Waals surface area contributed by atoms with E-state index in [4.69, 9.17) is 3.07 Å². The molecule has 2 heteroatoms. The zero-order chi connectivity index (χ0) is 11.4. The minimum Gasteiger partial charge on any atom is -0.311 e. The largest absolute Gasteiger partial charge is 0.311 e. The second-order valence-electron chi connectivity index (χ2n) is 3.78. The Hall–Kier alpha value is -0.870. The lowest BCUT2D eigenvalue weighted by Gasteiger charge is -2.08. The molecule has 0 spiro atoms. The second-order valence-corrected chi connectivity index (χ2v) is 4.40. The molecule has 0 saturated carbocycles. The van der Waals surface area contributed by atoms with Crippen LogP contribution in [-0.2, 0) is 9.67 Å². The van der Waals surface area contributed by atoms with Crippen molar-refractivity contribution in [3.63, 3.8) is 0 Å². The van der Waals surface area contributed by atoms with E-state index in [0.717, 1.165) is 0 Å². The van der Waals surface area contributed by atoms with Gasteiger partial charge in [-0.1, -0.05) is 54.1 Å². The highest BCUT2D eigenvalue weighted by Gasteiger charge is 2.03. The van der Waals surface area contributed by atoms with E-state index in [2.05, 4.69) is 49.4 Å². The third-order valence-electron chi connectivity index (χ3n) is 2.59. The first-order valence-electron chi connectivity index (χ1n) is 5.20. The van der Waals surface area contributed by atoms with Gasteiger partial charge in [0.2, 0.25) is 0 Å². The maximum Gasteiger partial charge on any atom is 0.110 e. The minimum atomic E-state index is 0.643. The van der Waals surface area contributed by atoms with E-state index in [-0.39, 0.29) is 0 Å². The summed E-state index contributed by atoms with van der Waals surface area (Å²) in [6.45, 7) is 2.74. The zero-order valence-electron chi connectivity index (χ0n) is 9.11. The van der Waals surface area contributed by atoms with Gasteiger partial charge in [0.1, 0.15) is 23.0 Å². The van der Waals surface area contributed by atoms with E-state index in [0.29, 0.717) is 6.61 Å². The van der Waals surface area contributed by atoms with Crippen LogP contribution in [0.4, 0.5) is 0 Å². The topological polar surface area (TPSA) is 9.23 Å². The van der Waals surface area contributed by atoms with Crippen LogP contribution in [0.3, 0.4) is 0 Å². The first kappa shape index (κ1) is 11.6. The molecule has 0 radical (unpaired) electrons. The molecule has 0 aromatic heterocycles. The summed E-state index contributed by atoms with van der Waals surface area (Å²) < 4.78 is 5.18. The number of aryl methyl sites for hydroxylation is 1. The van der Waals surface area contributed by atoms with Gasteiger partial charge in [-0.3, -0.25) is 0 Å². The van der Waals surface area contributed by atoms with E-state index in [9.17, 15) is 0 Å². The van der Waals surface area contributed by atoms with E-state index in [1.807, 2.05) is 29.1 Å². The number of benzene rings is 2. The van der Waals surface area contributed by atoms with Crippen LogP contribution in [0.2, 0.25) is 0 Å². The number of hydrogen-bond donors (Lipinski definition) is 0. The summed E-state index contributed by atoms with van der Waals surface area (Å²) in [7, 11) is 0. The Balaban J connectivity index is 2.42. The van der Waals surface area contributed by atoms with Gasteiger partial charge < -0.3 is 3.07 Å². The van der Waals surface area contributed by atoms with E-state index in [1.54, 1.807) is 0 Å². The van der Waals surface area contributed by atoms with Crippen molar-refractivity contribution < 1.29 is 3.07 Å². The fraction of sp³-hybridized carbons (Fsp3) is 0.143. The predicted octanol–water partition coefficient (Wildman–Crippen LogP) is 4.53. The predicted molar refractivity (Wildman–Crippen MR) is 75.4 cm³/mol. The maximum absolute atomic E-state index is 5.18. The van der Waals surface area contributed by atoms with Crippen LogP contribution in [0.25, 0.3) is 11.1 Å². The van der Waals surface area contributed by atoms with Crippen molar-refractivity contribution in [2.24, 2.45) is 0 Å². The average Bonchev–Trinajstić information content (AvgIpc) is 2.32. The lowest BCUT2D eigenvalue weighted by molar-refractivity contribution is 0.419. The molecule has 0 aliphatic rings. The van der Waals surface area contributed by atoms with E-state index < -0.39 is 0 Å². The molecule has 0 N–H and O–H groups in total. The molecule has 2 aromatic rings. The Kier molecular flexibility index (Phi) is 3.96. The molecular formula is C14H13IO. The average molecular weight is 324 g/mol. The Morgan fingerprint density at radius 2 is 1.69 bits per heavy atom. The van der Waals surface area contributed by atoms with Gasteiger partial charge in [0, 0.05) is 0 Å². The molecule has 0 fully saturated rings. The molecule has 2 aromatic carbocycles. The highest BCUT2D eigenvalue weighted by atomic mass is 127. The van der Waals surface area contributed by atoms with Gasteiger partial charge in [0.25, 0.3) is 0 Å². The summed E-state index contributed by atoms with van der Waals surface area (Å²) in [5.74, 6) is 0. The van der Waals surface area contributed by atoms with Crippen molar-refractivity contribution in [2.75, 3.05) is 0 Å². The van der Waals surface area contributed by atoms with Crippen LogP contribution in [0, 0.1) is 6.92 Å². The van der Waals surface area contributed by atoms with E-state index >= 15 is 0 Å². The fourth-order valence-electron chi connectivity index (χ4n) is 1.72. The second kappa shape index (κ2) is 5.46. The lowest BCUT2D eigenvalue weighted by atomic mass is 9.99. The van der Waals surface area contributed by atoms with Crippen molar-refractivity contribution in [1.29, 1.82) is 0 Å². The molecule has 0 aliphatic carbocycles. The molecule has 0 unspecified atom stereocenters. The van der Waals surface area contributed by atoms with Crippen LogP contribution in [-0.4, -0.2) is 0 Å². The summed E-state index contributed by atoms with van der Waals surface area (Å²) in [6.07, 6.45) is 0. The van der Waals surface area contributed by atoms with Gasteiger partial charge in [-0.15, -0.1) is 0 Å². The van der Waals surface area contributed by atoms with Crippen LogP contribution >= 0.6 is 23.0 Å². The minimum absolute atomic E-state index is 0.643. The van der Waals surface area contributed by atoms with Crippen molar-refractivity contribution in [1.82, 2.24) is 0 Å². The van der Waals surface area contributed by atoms with Gasteiger partial charge in [-0.2, -0.15) is 0 Å². The first-order chi connectivity index (χ1) is 7.81. The van der Waals surface area contributed by atoms with Crippen molar-refractivity contribution in [3.8, 4) is 11.1 Å². The fourth-order valence-corrected chi connectivity index (χ4v) is 2.06. The zero-order valence-corrected chi connectivity index (χ0v) is 11.3. The van der Waals surface area contributed by atoms with Gasteiger partial charge in [0.15, 0.2) is 0 Å². The summed E-state index contributed by atoms with van der Waals surface area (Å²) in [5.41, 5.74) is 5.00. The molecular weight excluding hydrogens is 311 g/mol. The molecule has 0 atom stereocenters. The standard InChI is InChI=1S/C14H13IO/c1-11-6-8-12(9-7-11)14-5-3-2-4-13(14)10-16-15/h2-9H,10H2,1H3. The SMILES string of the molecule is Cc1ccc(-c2ccccc2COI)cc1. The molecule has 16 heavy (non-hydrogen) atoms. The molecule has 0 bridgehead atoms. The van der Waals surface area contributed by atoms with Gasteiger partial charge in [-0.25, -0.2) is 0 Å². The van der Waals surface area contributed by atoms with Crippen LogP contribution in [0.1, 0.15) is 11.1 Å². The molecule has 0 amide bonds. The normalized spacial score (nSPS) is 10.4. The van der Waals surface area contributed by atoms with Crippen molar-refractivity contribution >= 4 is 23.0 Å². The Morgan fingerprint density at radius 1 is 1.00 bits per heavy atom. The Bertz CT molecular complexity index is 462. The van der Waals surface area contributed by atoms with Crippen LogP contribution < -0.4 is 0 Å². The first-order valence-corrected chi connectivity index (χ1v) is 6.08. The monoisotopic (exact) mass is 324 g/mol. The highest BCUT2D eigenvalue weighted by molar-refractivity contribution is 14.1. The molecule has 2 rings (SSSR count). The van der Waals surface area contributed by atoms with Gasteiger partial charge in [-0.05, 0) is 23.6 Å². The van der Waals surface area contributed by atoms with Crippen molar-refractivity contribution in [3.05, 3.63) is 59.7 Å². The smallest absolute Gasteiger partial charge is 0.110 e. The quantitative estimate of drug-likeness (QED) is 0.754. The molecule has 0 aliphatic heterocycles. The van der Waals surface area contributed by atoms with Gasteiger partial charge >= 0.3 is 0 Å². The number of halogens is 1. The maximum atomic E-state index is 5.18. The summed E-state index contributed by atoms with van der Waals surface area (Å²) in [6, 6.07) is 16.9. The molecule has 0 heterocycles. The van der Waals surface area contributed by atoms with E-state index in [1.165, 1.54) is 22.3 Å². The molecule has 82 valence electrons. The number of hydrogen-bond acceptors (Lipinski definition) is 1. The Labute approximate surface area is 110 Å². The third-order valence-corrected chi connectivity index (χ3v) is 2.90. The molecule has 0 saturated heterocycles. The Morgan fingerprint density at radius 3 is 2.38 bits per heavy atom. The van der Waals surface area contributed by atoms with Crippen LogP contribution in [0.5, 0.6) is 0 Å². The third kappa shape index (κ3) is 2.62. The summed E-state index contributed by atoms with van der Waals surface area (Å²) >= 11 is 1.93.